The molecular formula is C7H11N3O4. The molecule has 0 aromatic rings. The summed E-state index contributed by atoms with van der Waals surface area (Å²) in [7, 11) is 0. The van der Waals surface area contributed by atoms with Crippen molar-refractivity contribution < 1.29 is 19.5 Å². The second kappa shape index (κ2) is 4.50. The average Bonchev–Trinajstić information content (AvgIpc) is 2.02. The SMILES string of the molecule is CC(N)(C[C@H](N=C=O)C(N)=O)C(=O)O. The molecule has 7 heteroatoms. The van der Waals surface area contributed by atoms with Crippen LogP contribution in [0.2, 0.25) is 0 Å². The monoisotopic (exact) mass is 201 g/mol. The molecule has 0 aromatic heterocycles. The van der Waals surface area contributed by atoms with Crippen LogP contribution in [0, 0.1) is 0 Å². The first kappa shape index (κ1) is 12.3. The molecule has 14 heavy (non-hydrogen) atoms. The van der Waals surface area contributed by atoms with Crippen molar-refractivity contribution in [3.05, 3.63) is 0 Å². The third kappa shape index (κ3) is 3.34. The van der Waals surface area contributed by atoms with Gasteiger partial charge < -0.3 is 16.6 Å². The van der Waals surface area contributed by atoms with E-state index in [0.29, 0.717) is 0 Å². The number of carbonyl (C=O) groups is 2. The first-order valence-electron chi connectivity index (χ1n) is 3.70. The quantitative estimate of drug-likeness (QED) is 0.362. The van der Waals surface area contributed by atoms with Gasteiger partial charge in [-0.25, -0.2) is 4.79 Å². The van der Waals surface area contributed by atoms with Gasteiger partial charge in [-0.1, -0.05) is 0 Å². The van der Waals surface area contributed by atoms with Crippen molar-refractivity contribution in [3.8, 4) is 0 Å². The van der Waals surface area contributed by atoms with Crippen LogP contribution in [-0.4, -0.2) is 34.6 Å². The molecule has 0 saturated heterocycles. The molecule has 0 radical (unpaired) electrons. The fraction of sp³-hybridized carbons (Fsp3) is 0.571. The number of carboxylic acid groups (broad SMARTS) is 1. The summed E-state index contributed by atoms with van der Waals surface area (Å²) in [5.41, 5.74) is 8.55. The van der Waals surface area contributed by atoms with Crippen molar-refractivity contribution in [2.75, 3.05) is 0 Å². The number of carbonyl (C=O) groups excluding carboxylic acids is 2. The van der Waals surface area contributed by atoms with Crippen molar-refractivity contribution in [3.63, 3.8) is 0 Å². The molecule has 0 bridgehead atoms. The Kier molecular flexibility index (Phi) is 3.95. The van der Waals surface area contributed by atoms with Crippen molar-refractivity contribution in [2.24, 2.45) is 16.5 Å². The summed E-state index contributed by atoms with van der Waals surface area (Å²) in [6, 6.07) is -1.25. The molecule has 0 fully saturated rings. The zero-order chi connectivity index (χ0) is 11.4. The van der Waals surface area contributed by atoms with Crippen LogP contribution in [0.5, 0.6) is 0 Å². The van der Waals surface area contributed by atoms with E-state index in [-0.39, 0.29) is 6.42 Å². The minimum atomic E-state index is -1.65. The van der Waals surface area contributed by atoms with E-state index in [1.807, 2.05) is 0 Å². The number of nitrogens with zero attached hydrogens (tertiary/aromatic N) is 1. The van der Waals surface area contributed by atoms with Gasteiger partial charge in [0.1, 0.15) is 11.6 Å². The lowest BCUT2D eigenvalue weighted by molar-refractivity contribution is -0.143. The van der Waals surface area contributed by atoms with Crippen molar-refractivity contribution >= 4 is 18.0 Å². The van der Waals surface area contributed by atoms with E-state index in [0.717, 1.165) is 6.08 Å². The van der Waals surface area contributed by atoms with Gasteiger partial charge in [-0.15, -0.1) is 0 Å². The number of isocyanates is 1. The first-order chi connectivity index (χ1) is 6.31. The first-order valence-corrected chi connectivity index (χ1v) is 3.70. The van der Waals surface area contributed by atoms with Crippen LogP contribution in [0.3, 0.4) is 0 Å². The molecule has 0 heterocycles. The number of carboxylic acids is 1. The van der Waals surface area contributed by atoms with E-state index < -0.39 is 23.5 Å². The number of hydrogen-bond acceptors (Lipinski definition) is 5. The molecule has 0 saturated carbocycles. The molecular weight excluding hydrogens is 190 g/mol. The Morgan fingerprint density at radius 1 is 1.64 bits per heavy atom. The summed E-state index contributed by atoms with van der Waals surface area (Å²) in [6.45, 7) is 1.20. The topological polar surface area (TPSA) is 136 Å². The molecule has 2 atom stereocenters. The number of amides is 1. The van der Waals surface area contributed by atoms with E-state index >= 15 is 0 Å². The smallest absolute Gasteiger partial charge is 0.323 e. The second-order valence-electron chi connectivity index (χ2n) is 3.07. The normalized spacial score (nSPS) is 16.1. The predicted molar refractivity (Wildman–Crippen MR) is 45.9 cm³/mol. The lowest BCUT2D eigenvalue weighted by atomic mass is 9.94. The third-order valence-electron chi connectivity index (χ3n) is 1.64. The molecule has 0 aromatic carbocycles. The number of aliphatic imine (C=N–C) groups is 1. The van der Waals surface area contributed by atoms with Gasteiger partial charge in [0.25, 0.3) is 0 Å². The lowest BCUT2D eigenvalue weighted by Gasteiger charge is -2.20. The van der Waals surface area contributed by atoms with E-state index in [1.165, 1.54) is 6.92 Å². The Bertz CT molecular complexity index is 291. The van der Waals surface area contributed by atoms with Gasteiger partial charge in [0.2, 0.25) is 12.0 Å². The van der Waals surface area contributed by atoms with Crippen LogP contribution in [-0.2, 0) is 14.4 Å². The maximum Gasteiger partial charge on any atom is 0.323 e. The molecule has 0 aliphatic rings. The number of nitrogens with two attached hydrogens (primary N) is 2. The van der Waals surface area contributed by atoms with Crippen LogP contribution >= 0.6 is 0 Å². The highest BCUT2D eigenvalue weighted by Crippen LogP contribution is 2.11. The summed E-state index contributed by atoms with van der Waals surface area (Å²) in [4.78, 5) is 34.2. The van der Waals surface area contributed by atoms with Gasteiger partial charge in [0.15, 0.2) is 0 Å². The Balaban J connectivity index is 4.68. The van der Waals surface area contributed by atoms with Gasteiger partial charge in [0.05, 0.1) is 0 Å². The van der Waals surface area contributed by atoms with Gasteiger partial charge >= 0.3 is 5.97 Å². The zero-order valence-electron chi connectivity index (χ0n) is 7.56. The summed E-state index contributed by atoms with van der Waals surface area (Å²) < 4.78 is 0. The summed E-state index contributed by atoms with van der Waals surface area (Å²) in [5.74, 6) is -2.21. The summed E-state index contributed by atoms with van der Waals surface area (Å²) >= 11 is 0. The van der Waals surface area contributed by atoms with Crippen LogP contribution in [0.1, 0.15) is 13.3 Å². The minimum absolute atomic E-state index is 0.340. The number of hydrogen-bond donors (Lipinski definition) is 3. The predicted octanol–water partition coefficient (Wildman–Crippen LogP) is -1.63. The maximum atomic E-state index is 10.7. The molecule has 5 N–H and O–H groups in total. The Morgan fingerprint density at radius 2 is 2.14 bits per heavy atom. The fourth-order valence-electron chi connectivity index (χ4n) is 0.762. The second-order valence-corrected chi connectivity index (χ2v) is 3.07. The molecule has 7 nitrogen and oxygen atoms in total. The van der Waals surface area contributed by atoms with Crippen LogP contribution < -0.4 is 11.5 Å². The van der Waals surface area contributed by atoms with E-state index in [4.69, 9.17) is 16.6 Å². The van der Waals surface area contributed by atoms with E-state index in [1.54, 1.807) is 0 Å². The highest BCUT2D eigenvalue weighted by Gasteiger charge is 2.33. The summed E-state index contributed by atoms with van der Waals surface area (Å²) in [5, 5.41) is 8.62. The Labute approximate surface area is 79.8 Å². The zero-order valence-corrected chi connectivity index (χ0v) is 7.56. The standard InChI is InChI=1S/C7H11N3O4/c1-7(9,6(13)14)2-4(5(8)12)10-3-11/h4H,2,9H2,1H3,(H2,8,12)(H,13,14)/t4-,7?/m0/s1. The molecule has 0 aliphatic heterocycles. The van der Waals surface area contributed by atoms with Crippen LogP contribution in [0.15, 0.2) is 4.99 Å². The maximum absolute atomic E-state index is 10.7. The highest BCUT2D eigenvalue weighted by molar-refractivity contribution is 5.84. The Hall–Kier alpha value is -1.72. The van der Waals surface area contributed by atoms with Crippen LogP contribution in [0.25, 0.3) is 0 Å². The van der Waals surface area contributed by atoms with Crippen molar-refractivity contribution in [1.29, 1.82) is 0 Å². The van der Waals surface area contributed by atoms with E-state index in [2.05, 4.69) is 4.99 Å². The number of rotatable bonds is 5. The average molecular weight is 201 g/mol. The molecule has 0 rings (SSSR count). The minimum Gasteiger partial charge on any atom is -0.480 e. The van der Waals surface area contributed by atoms with Gasteiger partial charge in [-0.2, -0.15) is 4.99 Å². The fourth-order valence-corrected chi connectivity index (χ4v) is 0.762. The molecule has 78 valence electrons. The van der Waals surface area contributed by atoms with Gasteiger partial charge in [0, 0.05) is 6.42 Å². The van der Waals surface area contributed by atoms with E-state index in [9.17, 15) is 14.4 Å². The third-order valence-corrected chi connectivity index (χ3v) is 1.64. The summed E-state index contributed by atoms with van der Waals surface area (Å²) in [6.07, 6.45) is 0.796. The number of primary amides is 1. The highest BCUT2D eigenvalue weighted by atomic mass is 16.4. The number of aliphatic carboxylic acids is 1. The Morgan fingerprint density at radius 3 is 2.43 bits per heavy atom. The lowest BCUT2D eigenvalue weighted by Crippen LogP contribution is -2.49. The van der Waals surface area contributed by atoms with Gasteiger partial charge in [-0.05, 0) is 6.92 Å². The van der Waals surface area contributed by atoms with Crippen molar-refractivity contribution in [1.82, 2.24) is 0 Å². The largest absolute Gasteiger partial charge is 0.480 e. The molecule has 1 amide bonds. The van der Waals surface area contributed by atoms with Gasteiger partial charge in [-0.3, -0.25) is 9.59 Å². The molecule has 0 aliphatic carbocycles. The molecule has 1 unspecified atom stereocenters. The van der Waals surface area contributed by atoms with Crippen molar-refractivity contribution in [2.45, 2.75) is 24.9 Å². The molecule has 0 spiro atoms. The van der Waals surface area contributed by atoms with Crippen LogP contribution in [0.4, 0.5) is 0 Å².